The lowest BCUT2D eigenvalue weighted by Gasteiger charge is -2.36. The van der Waals surface area contributed by atoms with E-state index in [1.807, 2.05) is 0 Å². The Balaban J connectivity index is 2.57. The van der Waals surface area contributed by atoms with Crippen molar-refractivity contribution in [2.24, 2.45) is 17.6 Å². The van der Waals surface area contributed by atoms with Crippen molar-refractivity contribution < 1.29 is 4.79 Å². The van der Waals surface area contributed by atoms with Crippen molar-refractivity contribution in [1.82, 2.24) is 0 Å². The lowest BCUT2D eigenvalue weighted by atomic mass is 9.72. The van der Waals surface area contributed by atoms with Gasteiger partial charge in [-0.05, 0) is 24.7 Å². The molecule has 0 radical (unpaired) electrons. The Bertz CT molecular complexity index is 235. The van der Waals surface area contributed by atoms with Crippen LogP contribution >= 0.6 is 0 Å². The molecule has 0 amide bonds. The first-order chi connectivity index (χ1) is 7.51. The third-order valence-electron chi connectivity index (χ3n) is 4.22. The summed E-state index contributed by atoms with van der Waals surface area (Å²) in [6.45, 7) is 6.54. The molecule has 1 saturated carbocycles. The molecular weight excluding hydrogens is 198 g/mol. The molecule has 1 aliphatic carbocycles. The summed E-state index contributed by atoms with van der Waals surface area (Å²) in [4.78, 5) is 12.3. The number of carbonyl (C=O) groups excluding carboxylic acids is 1. The minimum Gasteiger partial charge on any atom is -0.319 e. The monoisotopic (exact) mass is 225 g/mol. The first-order valence-corrected chi connectivity index (χ1v) is 6.84. The van der Waals surface area contributed by atoms with E-state index in [9.17, 15) is 4.79 Å². The van der Waals surface area contributed by atoms with Crippen molar-refractivity contribution in [2.45, 2.75) is 71.3 Å². The van der Waals surface area contributed by atoms with E-state index in [4.69, 9.17) is 5.73 Å². The highest BCUT2D eigenvalue weighted by atomic mass is 16.1. The second-order valence-electron chi connectivity index (χ2n) is 5.67. The normalized spacial score (nSPS) is 30.7. The number of hydrogen-bond donors (Lipinski definition) is 1. The Morgan fingerprint density at radius 2 is 2.06 bits per heavy atom. The summed E-state index contributed by atoms with van der Waals surface area (Å²) in [5, 5.41) is 0. The van der Waals surface area contributed by atoms with Crippen molar-refractivity contribution >= 4 is 5.78 Å². The molecule has 2 heteroatoms. The van der Waals surface area contributed by atoms with Crippen molar-refractivity contribution in [3.8, 4) is 0 Å². The molecule has 1 aliphatic rings. The molecule has 2 N–H and O–H groups in total. The summed E-state index contributed by atoms with van der Waals surface area (Å²) in [5.41, 5.74) is 5.80. The van der Waals surface area contributed by atoms with Crippen LogP contribution < -0.4 is 5.73 Å². The van der Waals surface area contributed by atoms with Crippen molar-refractivity contribution in [3.05, 3.63) is 0 Å². The zero-order chi connectivity index (χ0) is 12.2. The summed E-state index contributed by atoms with van der Waals surface area (Å²) in [6.07, 6.45) is 7.02. The Morgan fingerprint density at radius 3 is 2.56 bits per heavy atom. The molecule has 0 aromatic carbocycles. The van der Waals surface area contributed by atoms with E-state index in [0.717, 1.165) is 32.1 Å². The molecule has 2 nitrogen and oxygen atoms in total. The molecule has 0 heterocycles. The number of Topliss-reactive ketones (excluding diaryl/α,β-unsaturated/α-hetero) is 1. The molecule has 16 heavy (non-hydrogen) atoms. The summed E-state index contributed by atoms with van der Waals surface area (Å²) in [7, 11) is 0. The van der Waals surface area contributed by atoms with Gasteiger partial charge in [0.25, 0.3) is 0 Å². The predicted molar refractivity (Wildman–Crippen MR) is 68.2 cm³/mol. The highest BCUT2D eigenvalue weighted by Gasteiger charge is 2.37. The van der Waals surface area contributed by atoms with E-state index in [-0.39, 0.29) is 0 Å². The summed E-state index contributed by atoms with van der Waals surface area (Å²) >= 11 is 0. The van der Waals surface area contributed by atoms with Gasteiger partial charge in [0, 0.05) is 6.42 Å². The molecule has 0 aromatic rings. The van der Waals surface area contributed by atoms with Crippen molar-refractivity contribution in [3.63, 3.8) is 0 Å². The first kappa shape index (κ1) is 13.7. The molecule has 94 valence electrons. The number of nitrogens with two attached hydrogens (primary N) is 1. The zero-order valence-electron chi connectivity index (χ0n) is 11.1. The van der Waals surface area contributed by atoms with E-state index in [0.29, 0.717) is 24.0 Å². The molecule has 0 bridgehead atoms. The summed E-state index contributed by atoms with van der Waals surface area (Å²) in [6, 6.07) is 0. The Kier molecular flexibility index (Phi) is 4.97. The quantitative estimate of drug-likeness (QED) is 0.780. The van der Waals surface area contributed by atoms with Crippen LogP contribution in [-0.2, 0) is 4.79 Å². The minimum absolute atomic E-state index is 0.313. The van der Waals surface area contributed by atoms with Gasteiger partial charge >= 0.3 is 0 Å². The number of hydrogen-bond acceptors (Lipinski definition) is 2. The van der Waals surface area contributed by atoms with Crippen LogP contribution in [0.4, 0.5) is 0 Å². The lowest BCUT2D eigenvalue weighted by molar-refractivity contribution is -0.126. The fourth-order valence-electron chi connectivity index (χ4n) is 2.89. The maximum absolute atomic E-state index is 12.3. The van der Waals surface area contributed by atoms with E-state index in [2.05, 4.69) is 20.8 Å². The second kappa shape index (κ2) is 5.81. The van der Waals surface area contributed by atoms with E-state index >= 15 is 0 Å². The minimum atomic E-state index is -0.500. The number of ketones is 1. The maximum atomic E-state index is 12.3. The van der Waals surface area contributed by atoms with Gasteiger partial charge in [0.2, 0.25) is 0 Å². The highest BCUT2D eigenvalue weighted by molar-refractivity contribution is 5.88. The first-order valence-electron chi connectivity index (χ1n) is 6.84. The van der Waals surface area contributed by atoms with Gasteiger partial charge in [-0.1, -0.05) is 46.5 Å². The van der Waals surface area contributed by atoms with E-state index in [1.54, 1.807) is 0 Å². The number of rotatable bonds is 5. The van der Waals surface area contributed by atoms with Crippen LogP contribution in [0.2, 0.25) is 0 Å². The molecule has 0 saturated heterocycles. The fourth-order valence-corrected chi connectivity index (χ4v) is 2.89. The molecule has 1 rings (SSSR count). The summed E-state index contributed by atoms with van der Waals surface area (Å²) in [5.74, 6) is 1.46. The van der Waals surface area contributed by atoms with E-state index in [1.165, 1.54) is 6.42 Å². The fraction of sp³-hybridized carbons (Fsp3) is 0.929. The molecule has 0 aromatic heterocycles. The average Bonchev–Trinajstić information content (AvgIpc) is 2.25. The SMILES string of the molecule is CCC(CC)CC(=O)C1(N)CCCC(C)C1. The highest BCUT2D eigenvalue weighted by Crippen LogP contribution is 2.33. The average molecular weight is 225 g/mol. The van der Waals surface area contributed by atoms with Gasteiger partial charge in [-0.15, -0.1) is 0 Å². The van der Waals surface area contributed by atoms with Crippen molar-refractivity contribution in [2.75, 3.05) is 0 Å². The van der Waals surface area contributed by atoms with Crippen LogP contribution in [0, 0.1) is 11.8 Å². The third kappa shape index (κ3) is 3.31. The third-order valence-corrected chi connectivity index (χ3v) is 4.22. The molecule has 1 fully saturated rings. The number of carbonyl (C=O) groups is 1. The summed E-state index contributed by atoms with van der Waals surface area (Å²) < 4.78 is 0. The zero-order valence-corrected chi connectivity index (χ0v) is 11.1. The van der Waals surface area contributed by atoms with Crippen LogP contribution in [0.25, 0.3) is 0 Å². The van der Waals surface area contributed by atoms with Gasteiger partial charge in [-0.2, -0.15) is 0 Å². The van der Waals surface area contributed by atoms with Crippen molar-refractivity contribution in [1.29, 1.82) is 0 Å². The van der Waals surface area contributed by atoms with Gasteiger partial charge in [-0.3, -0.25) is 4.79 Å². The van der Waals surface area contributed by atoms with Gasteiger partial charge in [-0.25, -0.2) is 0 Å². The Labute approximate surface area is 100.0 Å². The molecule has 0 aliphatic heterocycles. The van der Waals surface area contributed by atoms with E-state index < -0.39 is 5.54 Å². The molecule has 2 atom stereocenters. The van der Waals surface area contributed by atoms with Gasteiger partial charge in [0.05, 0.1) is 5.54 Å². The smallest absolute Gasteiger partial charge is 0.152 e. The van der Waals surface area contributed by atoms with Crippen LogP contribution in [0.15, 0.2) is 0 Å². The molecule has 0 spiro atoms. The maximum Gasteiger partial charge on any atom is 0.152 e. The van der Waals surface area contributed by atoms with Gasteiger partial charge < -0.3 is 5.73 Å². The molecule has 2 unspecified atom stereocenters. The second-order valence-corrected chi connectivity index (χ2v) is 5.67. The lowest BCUT2D eigenvalue weighted by Crippen LogP contribution is -2.51. The van der Waals surface area contributed by atoms with Crippen LogP contribution in [0.3, 0.4) is 0 Å². The Hall–Kier alpha value is -0.370. The standard InChI is InChI=1S/C14H27NO/c1-4-12(5-2)9-13(16)14(15)8-6-7-11(3)10-14/h11-12H,4-10,15H2,1-3H3. The van der Waals surface area contributed by atoms with Gasteiger partial charge in [0.1, 0.15) is 0 Å². The largest absolute Gasteiger partial charge is 0.319 e. The van der Waals surface area contributed by atoms with Crippen LogP contribution in [0.5, 0.6) is 0 Å². The molecular formula is C14H27NO. The Morgan fingerprint density at radius 1 is 1.44 bits per heavy atom. The van der Waals surface area contributed by atoms with Crippen LogP contribution in [-0.4, -0.2) is 11.3 Å². The topological polar surface area (TPSA) is 43.1 Å². The van der Waals surface area contributed by atoms with Crippen LogP contribution in [0.1, 0.15) is 65.7 Å². The predicted octanol–water partition coefficient (Wildman–Crippen LogP) is 3.29. The van der Waals surface area contributed by atoms with Gasteiger partial charge in [0.15, 0.2) is 5.78 Å².